The van der Waals surface area contributed by atoms with Crippen LogP contribution in [0.3, 0.4) is 0 Å². The van der Waals surface area contributed by atoms with Crippen LogP contribution in [0.5, 0.6) is 0 Å². The Morgan fingerprint density at radius 2 is 2.25 bits per heavy atom. The van der Waals surface area contributed by atoms with Gasteiger partial charge >= 0.3 is 0 Å². The van der Waals surface area contributed by atoms with Gasteiger partial charge in [0.15, 0.2) is 5.78 Å². The highest BCUT2D eigenvalue weighted by Gasteiger charge is 2.06. The monoisotopic (exact) mass is 215 g/mol. The molecule has 0 amide bonds. The number of ketones is 1. The molecule has 2 aromatic rings. The smallest absolute Gasteiger partial charge is 0.188 e. The minimum Gasteiger partial charge on any atom is -0.374 e. The Morgan fingerprint density at radius 1 is 1.38 bits per heavy atom. The van der Waals surface area contributed by atoms with Crippen LogP contribution in [0.2, 0.25) is 0 Å². The standard InChI is InChI=1S/C13H13NO2/c1-2-16-9-13(15)11-5-6-12-10(8-11)4-3-7-14-12/h3-8H,2,9H2,1H3. The summed E-state index contributed by atoms with van der Waals surface area (Å²) in [5.41, 5.74) is 1.57. The summed E-state index contributed by atoms with van der Waals surface area (Å²) in [7, 11) is 0. The van der Waals surface area contributed by atoms with E-state index in [1.165, 1.54) is 0 Å². The fourth-order valence-corrected chi connectivity index (χ4v) is 1.53. The minimum atomic E-state index is 0.00704. The van der Waals surface area contributed by atoms with Crippen LogP contribution in [0.15, 0.2) is 36.5 Å². The SMILES string of the molecule is CCOCC(=O)c1ccc2ncccc2c1. The maximum Gasteiger partial charge on any atom is 0.188 e. The van der Waals surface area contributed by atoms with Gasteiger partial charge in [0.2, 0.25) is 0 Å². The van der Waals surface area contributed by atoms with E-state index in [-0.39, 0.29) is 12.4 Å². The topological polar surface area (TPSA) is 39.2 Å². The zero-order chi connectivity index (χ0) is 11.4. The molecule has 0 radical (unpaired) electrons. The predicted octanol–water partition coefficient (Wildman–Crippen LogP) is 2.45. The van der Waals surface area contributed by atoms with E-state index in [4.69, 9.17) is 4.74 Å². The van der Waals surface area contributed by atoms with Gasteiger partial charge in [-0.2, -0.15) is 0 Å². The molecule has 0 aliphatic heterocycles. The van der Waals surface area contributed by atoms with Crippen LogP contribution < -0.4 is 0 Å². The summed E-state index contributed by atoms with van der Waals surface area (Å²) in [5.74, 6) is 0.00704. The Bertz CT molecular complexity index is 508. The molecule has 0 aliphatic rings. The lowest BCUT2D eigenvalue weighted by Gasteiger charge is -2.02. The van der Waals surface area contributed by atoms with Gasteiger partial charge < -0.3 is 4.74 Å². The van der Waals surface area contributed by atoms with E-state index < -0.39 is 0 Å². The van der Waals surface area contributed by atoms with Gasteiger partial charge in [-0.3, -0.25) is 9.78 Å². The van der Waals surface area contributed by atoms with E-state index in [1.54, 1.807) is 12.3 Å². The second-order valence-electron chi connectivity index (χ2n) is 3.47. The second-order valence-corrected chi connectivity index (χ2v) is 3.47. The van der Waals surface area contributed by atoms with Crippen molar-refractivity contribution >= 4 is 16.7 Å². The van der Waals surface area contributed by atoms with Gasteiger partial charge in [0, 0.05) is 23.8 Å². The largest absolute Gasteiger partial charge is 0.374 e. The molecular formula is C13H13NO2. The number of fused-ring (bicyclic) bond motifs is 1. The van der Waals surface area contributed by atoms with Crippen LogP contribution in [0, 0.1) is 0 Å². The van der Waals surface area contributed by atoms with Crippen molar-refractivity contribution < 1.29 is 9.53 Å². The lowest BCUT2D eigenvalue weighted by atomic mass is 10.1. The van der Waals surface area contributed by atoms with Crippen molar-refractivity contribution in [1.82, 2.24) is 4.98 Å². The third-order valence-corrected chi connectivity index (χ3v) is 2.36. The summed E-state index contributed by atoms with van der Waals surface area (Å²) in [5, 5.41) is 0.977. The first-order valence-corrected chi connectivity index (χ1v) is 5.27. The molecule has 1 heterocycles. The van der Waals surface area contributed by atoms with Crippen molar-refractivity contribution in [3.8, 4) is 0 Å². The van der Waals surface area contributed by atoms with Gasteiger partial charge in [-0.25, -0.2) is 0 Å². The first kappa shape index (κ1) is 10.8. The number of Topliss-reactive ketones (excluding diaryl/α,β-unsaturated/α-hetero) is 1. The molecule has 0 spiro atoms. The first-order valence-electron chi connectivity index (χ1n) is 5.27. The molecule has 0 N–H and O–H groups in total. The van der Waals surface area contributed by atoms with E-state index in [1.807, 2.05) is 31.2 Å². The van der Waals surface area contributed by atoms with Gasteiger partial charge in [-0.05, 0) is 31.2 Å². The molecule has 16 heavy (non-hydrogen) atoms. The molecule has 0 saturated heterocycles. The lowest BCUT2D eigenvalue weighted by molar-refractivity contribution is 0.0783. The molecule has 2 rings (SSSR count). The Hall–Kier alpha value is -1.74. The number of hydrogen-bond acceptors (Lipinski definition) is 3. The second kappa shape index (κ2) is 4.86. The molecule has 0 atom stereocenters. The fraction of sp³-hybridized carbons (Fsp3) is 0.231. The molecular weight excluding hydrogens is 202 g/mol. The van der Waals surface area contributed by atoms with Crippen molar-refractivity contribution in [2.45, 2.75) is 6.92 Å². The highest BCUT2D eigenvalue weighted by Crippen LogP contribution is 2.13. The van der Waals surface area contributed by atoms with Gasteiger partial charge in [0.05, 0.1) is 5.52 Å². The molecule has 0 bridgehead atoms. The van der Waals surface area contributed by atoms with E-state index in [2.05, 4.69) is 4.98 Å². The zero-order valence-corrected chi connectivity index (χ0v) is 9.14. The van der Waals surface area contributed by atoms with Gasteiger partial charge in [-0.1, -0.05) is 6.07 Å². The summed E-state index contributed by atoms with van der Waals surface area (Å²) in [6.07, 6.45) is 1.74. The third kappa shape index (κ3) is 2.25. The molecule has 0 aliphatic carbocycles. The van der Waals surface area contributed by atoms with E-state index in [9.17, 15) is 4.79 Å². The number of carbonyl (C=O) groups excluding carboxylic acids is 1. The van der Waals surface area contributed by atoms with Gasteiger partial charge in [0.25, 0.3) is 0 Å². The van der Waals surface area contributed by atoms with Crippen LogP contribution in [-0.2, 0) is 4.74 Å². The Labute approximate surface area is 94.1 Å². The maximum absolute atomic E-state index is 11.7. The summed E-state index contributed by atoms with van der Waals surface area (Å²) < 4.78 is 5.10. The van der Waals surface area contributed by atoms with Crippen LogP contribution in [0.25, 0.3) is 10.9 Å². The Morgan fingerprint density at radius 3 is 3.06 bits per heavy atom. The van der Waals surface area contributed by atoms with Crippen LogP contribution in [0.4, 0.5) is 0 Å². The number of ether oxygens (including phenoxy) is 1. The molecule has 1 aromatic heterocycles. The zero-order valence-electron chi connectivity index (χ0n) is 9.14. The third-order valence-electron chi connectivity index (χ3n) is 2.36. The summed E-state index contributed by atoms with van der Waals surface area (Å²) in [6.45, 7) is 2.57. The lowest BCUT2D eigenvalue weighted by Crippen LogP contribution is -2.08. The Balaban J connectivity index is 2.28. The highest BCUT2D eigenvalue weighted by molar-refractivity contribution is 6.00. The number of nitrogens with zero attached hydrogens (tertiary/aromatic N) is 1. The van der Waals surface area contributed by atoms with E-state index in [0.29, 0.717) is 12.2 Å². The minimum absolute atomic E-state index is 0.00704. The number of benzene rings is 1. The Kier molecular flexibility index (Phi) is 3.27. The number of hydrogen-bond donors (Lipinski definition) is 0. The first-order chi connectivity index (χ1) is 7.81. The highest BCUT2D eigenvalue weighted by atomic mass is 16.5. The molecule has 3 nitrogen and oxygen atoms in total. The molecule has 0 saturated carbocycles. The number of aromatic nitrogens is 1. The van der Waals surface area contributed by atoms with Crippen molar-refractivity contribution in [1.29, 1.82) is 0 Å². The van der Waals surface area contributed by atoms with Crippen molar-refractivity contribution in [3.05, 3.63) is 42.1 Å². The average Bonchev–Trinajstić information content (AvgIpc) is 2.35. The van der Waals surface area contributed by atoms with Gasteiger partial charge in [-0.15, -0.1) is 0 Å². The number of carbonyl (C=O) groups is 1. The molecule has 0 unspecified atom stereocenters. The van der Waals surface area contributed by atoms with Crippen LogP contribution in [0.1, 0.15) is 17.3 Å². The van der Waals surface area contributed by atoms with Crippen molar-refractivity contribution in [2.24, 2.45) is 0 Å². The predicted molar refractivity (Wildman–Crippen MR) is 62.6 cm³/mol. The summed E-state index contributed by atoms with van der Waals surface area (Å²) in [4.78, 5) is 15.9. The van der Waals surface area contributed by atoms with Gasteiger partial charge in [0.1, 0.15) is 6.61 Å². The van der Waals surface area contributed by atoms with E-state index >= 15 is 0 Å². The van der Waals surface area contributed by atoms with Crippen LogP contribution in [-0.4, -0.2) is 24.0 Å². The summed E-state index contributed by atoms with van der Waals surface area (Å²) >= 11 is 0. The molecule has 0 fully saturated rings. The number of pyridine rings is 1. The molecule has 3 heteroatoms. The van der Waals surface area contributed by atoms with Crippen molar-refractivity contribution in [3.63, 3.8) is 0 Å². The number of rotatable bonds is 4. The maximum atomic E-state index is 11.7. The quantitative estimate of drug-likeness (QED) is 0.735. The van der Waals surface area contributed by atoms with Crippen LogP contribution >= 0.6 is 0 Å². The summed E-state index contributed by atoms with van der Waals surface area (Å²) in [6, 6.07) is 9.30. The average molecular weight is 215 g/mol. The fourth-order valence-electron chi connectivity index (χ4n) is 1.53. The normalized spacial score (nSPS) is 10.6. The van der Waals surface area contributed by atoms with E-state index in [0.717, 1.165) is 10.9 Å². The van der Waals surface area contributed by atoms with Crippen molar-refractivity contribution in [2.75, 3.05) is 13.2 Å². The molecule has 1 aromatic carbocycles. The molecule has 82 valence electrons.